The predicted molar refractivity (Wildman–Crippen MR) is 71.9 cm³/mol. The summed E-state index contributed by atoms with van der Waals surface area (Å²) in [5.41, 5.74) is 1.14. The van der Waals surface area contributed by atoms with Crippen LogP contribution in [0.5, 0.6) is 5.75 Å². The number of amides is 1. The van der Waals surface area contributed by atoms with Gasteiger partial charge < -0.3 is 4.74 Å². The number of rotatable bonds is 4. The highest BCUT2D eigenvalue weighted by atomic mass is 16.5. The molecule has 0 fully saturated rings. The Balaban J connectivity index is 1.94. The first-order valence-electron chi connectivity index (χ1n) is 5.96. The van der Waals surface area contributed by atoms with Crippen LogP contribution in [-0.2, 0) is 4.79 Å². The number of aryl methyl sites for hydroxylation is 1. The second-order valence-corrected chi connectivity index (χ2v) is 4.13. The van der Waals surface area contributed by atoms with Gasteiger partial charge >= 0.3 is 0 Å². The van der Waals surface area contributed by atoms with Gasteiger partial charge in [0.25, 0.3) is 5.91 Å². The number of hydrogen-bond acceptors (Lipinski definition) is 4. The number of ether oxygens (including phenoxy) is 1. The fraction of sp³-hybridized carbons (Fsp3) is 0.214. The summed E-state index contributed by atoms with van der Waals surface area (Å²) in [6.07, 6.45) is 2.51. The maximum atomic E-state index is 11.9. The quantitative estimate of drug-likeness (QED) is 0.911. The second-order valence-electron chi connectivity index (χ2n) is 4.13. The van der Waals surface area contributed by atoms with Crippen LogP contribution in [0.1, 0.15) is 12.5 Å². The van der Waals surface area contributed by atoms with Crippen molar-refractivity contribution in [1.29, 1.82) is 0 Å². The summed E-state index contributed by atoms with van der Waals surface area (Å²) in [5, 5.41) is 2.59. The Bertz CT molecular complexity index is 540. The number of aromatic nitrogens is 2. The van der Waals surface area contributed by atoms with E-state index in [0.29, 0.717) is 5.75 Å². The van der Waals surface area contributed by atoms with Gasteiger partial charge in [0.15, 0.2) is 6.10 Å². The van der Waals surface area contributed by atoms with Crippen molar-refractivity contribution in [3.8, 4) is 5.75 Å². The molecule has 1 aromatic heterocycles. The van der Waals surface area contributed by atoms with Gasteiger partial charge in [-0.15, -0.1) is 0 Å². The first-order chi connectivity index (χ1) is 9.15. The Morgan fingerprint density at radius 2 is 1.84 bits per heavy atom. The van der Waals surface area contributed by atoms with Crippen LogP contribution in [0.4, 0.5) is 5.95 Å². The third kappa shape index (κ3) is 3.77. The highest BCUT2D eigenvalue weighted by Gasteiger charge is 2.15. The van der Waals surface area contributed by atoms with E-state index in [9.17, 15) is 4.79 Å². The van der Waals surface area contributed by atoms with Crippen molar-refractivity contribution in [2.24, 2.45) is 0 Å². The van der Waals surface area contributed by atoms with E-state index in [2.05, 4.69) is 15.3 Å². The van der Waals surface area contributed by atoms with Gasteiger partial charge in [0.1, 0.15) is 5.75 Å². The lowest BCUT2D eigenvalue weighted by atomic mass is 10.2. The SMILES string of the molecule is Cc1ccc(O[C@H](C)C(=O)Nc2ncccn2)cc1. The van der Waals surface area contributed by atoms with Gasteiger partial charge in [-0.1, -0.05) is 17.7 Å². The summed E-state index contributed by atoms with van der Waals surface area (Å²) in [6, 6.07) is 9.21. The Morgan fingerprint density at radius 1 is 1.21 bits per heavy atom. The molecule has 1 aromatic carbocycles. The molecule has 2 aromatic rings. The average molecular weight is 257 g/mol. The van der Waals surface area contributed by atoms with Crippen LogP contribution in [-0.4, -0.2) is 22.0 Å². The third-order valence-electron chi connectivity index (χ3n) is 2.50. The van der Waals surface area contributed by atoms with E-state index in [0.717, 1.165) is 5.56 Å². The molecule has 1 amide bonds. The van der Waals surface area contributed by atoms with Crippen molar-refractivity contribution in [2.75, 3.05) is 5.32 Å². The summed E-state index contributed by atoms with van der Waals surface area (Å²) >= 11 is 0. The maximum Gasteiger partial charge on any atom is 0.267 e. The molecule has 0 unspecified atom stereocenters. The maximum absolute atomic E-state index is 11.9. The number of carbonyl (C=O) groups is 1. The largest absolute Gasteiger partial charge is 0.481 e. The summed E-state index contributed by atoms with van der Waals surface area (Å²) in [6.45, 7) is 3.67. The number of carbonyl (C=O) groups excluding carboxylic acids is 1. The number of hydrogen-bond donors (Lipinski definition) is 1. The zero-order chi connectivity index (χ0) is 13.7. The topological polar surface area (TPSA) is 64.1 Å². The van der Waals surface area contributed by atoms with E-state index in [4.69, 9.17) is 4.74 Å². The molecule has 5 nitrogen and oxygen atoms in total. The normalized spacial score (nSPS) is 11.7. The van der Waals surface area contributed by atoms with Gasteiger partial charge in [0, 0.05) is 12.4 Å². The van der Waals surface area contributed by atoms with Gasteiger partial charge in [0.05, 0.1) is 0 Å². The minimum Gasteiger partial charge on any atom is -0.481 e. The van der Waals surface area contributed by atoms with Crippen molar-refractivity contribution in [3.63, 3.8) is 0 Å². The van der Waals surface area contributed by atoms with Gasteiger partial charge in [-0.3, -0.25) is 10.1 Å². The van der Waals surface area contributed by atoms with Crippen LogP contribution in [0, 0.1) is 6.92 Å². The molecule has 0 aliphatic rings. The van der Waals surface area contributed by atoms with Gasteiger partial charge in [0.2, 0.25) is 5.95 Å². The molecule has 1 atom stereocenters. The minimum atomic E-state index is -0.619. The molecule has 0 aliphatic heterocycles. The van der Waals surface area contributed by atoms with E-state index in [1.807, 2.05) is 31.2 Å². The molecule has 2 rings (SSSR count). The highest BCUT2D eigenvalue weighted by Crippen LogP contribution is 2.13. The number of benzene rings is 1. The Morgan fingerprint density at radius 3 is 2.47 bits per heavy atom. The van der Waals surface area contributed by atoms with E-state index >= 15 is 0 Å². The van der Waals surface area contributed by atoms with Crippen LogP contribution >= 0.6 is 0 Å². The first-order valence-corrected chi connectivity index (χ1v) is 5.96. The summed E-state index contributed by atoms with van der Waals surface area (Å²) in [5.74, 6) is 0.640. The molecule has 0 saturated heterocycles. The average Bonchev–Trinajstić information content (AvgIpc) is 2.42. The fourth-order valence-corrected chi connectivity index (χ4v) is 1.45. The molecule has 0 bridgehead atoms. The van der Waals surface area contributed by atoms with E-state index in [-0.39, 0.29) is 11.9 Å². The van der Waals surface area contributed by atoms with Crippen LogP contribution in [0.15, 0.2) is 42.7 Å². The van der Waals surface area contributed by atoms with Crippen LogP contribution in [0.25, 0.3) is 0 Å². The van der Waals surface area contributed by atoms with E-state index in [1.54, 1.807) is 25.4 Å². The van der Waals surface area contributed by atoms with Gasteiger partial charge in [-0.25, -0.2) is 9.97 Å². The fourth-order valence-electron chi connectivity index (χ4n) is 1.45. The van der Waals surface area contributed by atoms with Gasteiger partial charge in [-0.05, 0) is 32.0 Å². The lowest BCUT2D eigenvalue weighted by molar-refractivity contribution is -0.122. The van der Waals surface area contributed by atoms with Crippen molar-refractivity contribution < 1.29 is 9.53 Å². The van der Waals surface area contributed by atoms with Crippen LogP contribution < -0.4 is 10.1 Å². The monoisotopic (exact) mass is 257 g/mol. The number of nitrogens with zero attached hydrogens (tertiary/aromatic N) is 2. The lowest BCUT2D eigenvalue weighted by Crippen LogP contribution is -2.30. The summed E-state index contributed by atoms with van der Waals surface area (Å²) in [4.78, 5) is 19.7. The van der Waals surface area contributed by atoms with Crippen molar-refractivity contribution in [2.45, 2.75) is 20.0 Å². The number of anilines is 1. The Kier molecular flexibility index (Phi) is 4.07. The first kappa shape index (κ1) is 13.0. The molecular formula is C14H15N3O2. The Hall–Kier alpha value is -2.43. The standard InChI is InChI=1S/C14H15N3O2/c1-10-4-6-12(7-5-10)19-11(2)13(18)17-14-15-8-3-9-16-14/h3-9,11H,1-2H3,(H,15,16,17,18)/t11-/m1/s1. The molecular weight excluding hydrogens is 242 g/mol. The predicted octanol–water partition coefficient (Wildman–Crippen LogP) is 2.19. The van der Waals surface area contributed by atoms with Crippen LogP contribution in [0.2, 0.25) is 0 Å². The summed E-state index contributed by atoms with van der Waals surface area (Å²) in [7, 11) is 0. The van der Waals surface area contributed by atoms with Crippen LogP contribution in [0.3, 0.4) is 0 Å². The molecule has 5 heteroatoms. The van der Waals surface area contributed by atoms with Gasteiger partial charge in [-0.2, -0.15) is 0 Å². The third-order valence-corrected chi connectivity index (χ3v) is 2.50. The molecule has 0 saturated carbocycles. The second kappa shape index (κ2) is 5.95. The zero-order valence-electron chi connectivity index (χ0n) is 10.8. The molecule has 0 aliphatic carbocycles. The van der Waals surface area contributed by atoms with Crippen molar-refractivity contribution in [1.82, 2.24) is 9.97 Å². The molecule has 0 radical (unpaired) electrons. The van der Waals surface area contributed by atoms with Crippen molar-refractivity contribution in [3.05, 3.63) is 48.3 Å². The molecule has 1 heterocycles. The van der Waals surface area contributed by atoms with Crippen molar-refractivity contribution >= 4 is 11.9 Å². The molecule has 1 N–H and O–H groups in total. The summed E-state index contributed by atoms with van der Waals surface area (Å²) < 4.78 is 5.54. The molecule has 0 spiro atoms. The molecule has 19 heavy (non-hydrogen) atoms. The Labute approximate surface area is 111 Å². The smallest absolute Gasteiger partial charge is 0.267 e. The molecule has 98 valence electrons. The minimum absolute atomic E-state index is 0.270. The lowest BCUT2D eigenvalue weighted by Gasteiger charge is -2.14. The highest BCUT2D eigenvalue weighted by molar-refractivity contribution is 5.92. The van der Waals surface area contributed by atoms with E-state index < -0.39 is 6.10 Å². The van der Waals surface area contributed by atoms with E-state index in [1.165, 1.54) is 0 Å². The number of nitrogens with one attached hydrogen (secondary N) is 1. The zero-order valence-corrected chi connectivity index (χ0v) is 10.8.